The SMILES string of the molecule is Cc1ccnc(Nc2ccc(N3CCN(C(=O)COCc4ccccc4)CC3)nn2)c1. The maximum Gasteiger partial charge on any atom is 0.248 e. The number of aryl methyl sites for hydroxylation is 1. The van der Waals surface area contributed by atoms with Crippen molar-refractivity contribution in [2.45, 2.75) is 13.5 Å². The fraction of sp³-hybridized carbons (Fsp3) is 0.304. The second-order valence-corrected chi connectivity index (χ2v) is 7.47. The molecule has 3 aromatic rings. The number of hydrogen-bond donors (Lipinski definition) is 1. The Hall–Kier alpha value is -3.52. The average Bonchev–Trinajstić information content (AvgIpc) is 2.80. The van der Waals surface area contributed by atoms with E-state index in [0.29, 0.717) is 38.6 Å². The maximum absolute atomic E-state index is 12.4. The van der Waals surface area contributed by atoms with E-state index in [9.17, 15) is 4.79 Å². The lowest BCUT2D eigenvalue weighted by atomic mass is 10.2. The molecule has 1 fully saturated rings. The molecule has 31 heavy (non-hydrogen) atoms. The first-order valence-electron chi connectivity index (χ1n) is 10.4. The van der Waals surface area contributed by atoms with Crippen molar-refractivity contribution in [1.29, 1.82) is 0 Å². The molecule has 4 rings (SSSR count). The monoisotopic (exact) mass is 418 g/mol. The summed E-state index contributed by atoms with van der Waals surface area (Å²) in [5, 5.41) is 11.7. The zero-order valence-electron chi connectivity index (χ0n) is 17.6. The van der Waals surface area contributed by atoms with E-state index in [1.54, 1.807) is 6.20 Å². The van der Waals surface area contributed by atoms with Crippen LogP contribution in [0.3, 0.4) is 0 Å². The van der Waals surface area contributed by atoms with E-state index in [4.69, 9.17) is 4.74 Å². The molecule has 1 aliphatic rings. The van der Waals surface area contributed by atoms with Gasteiger partial charge in [-0.15, -0.1) is 10.2 Å². The molecular weight excluding hydrogens is 392 g/mol. The summed E-state index contributed by atoms with van der Waals surface area (Å²) >= 11 is 0. The zero-order chi connectivity index (χ0) is 21.5. The fourth-order valence-corrected chi connectivity index (χ4v) is 3.40. The van der Waals surface area contributed by atoms with E-state index in [2.05, 4.69) is 25.4 Å². The molecule has 0 bridgehead atoms. The van der Waals surface area contributed by atoms with Gasteiger partial charge in [-0.25, -0.2) is 4.98 Å². The number of aromatic nitrogens is 3. The molecule has 0 radical (unpaired) electrons. The van der Waals surface area contributed by atoms with Crippen LogP contribution in [0.4, 0.5) is 17.5 Å². The number of carbonyl (C=O) groups is 1. The van der Waals surface area contributed by atoms with Gasteiger partial charge in [-0.3, -0.25) is 4.79 Å². The van der Waals surface area contributed by atoms with Crippen molar-refractivity contribution in [3.63, 3.8) is 0 Å². The van der Waals surface area contributed by atoms with E-state index in [1.807, 2.05) is 66.4 Å². The Morgan fingerprint density at radius 2 is 1.81 bits per heavy atom. The minimum atomic E-state index is 0.0202. The van der Waals surface area contributed by atoms with Gasteiger partial charge < -0.3 is 19.9 Å². The van der Waals surface area contributed by atoms with Gasteiger partial charge in [0.1, 0.15) is 12.4 Å². The van der Waals surface area contributed by atoms with E-state index in [1.165, 1.54) is 0 Å². The quantitative estimate of drug-likeness (QED) is 0.632. The predicted octanol–water partition coefficient (Wildman–Crippen LogP) is 2.79. The largest absolute Gasteiger partial charge is 0.367 e. The Morgan fingerprint density at radius 3 is 2.52 bits per heavy atom. The molecule has 8 nitrogen and oxygen atoms in total. The summed E-state index contributed by atoms with van der Waals surface area (Å²) in [6.45, 7) is 5.27. The smallest absolute Gasteiger partial charge is 0.248 e. The predicted molar refractivity (Wildman–Crippen MR) is 119 cm³/mol. The standard InChI is InChI=1S/C23H26N6O2/c1-18-9-10-24-21(15-18)25-20-7-8-22(27-26-20)28-11-13-29(14-12-28)23(30)17-31-16-19-5-3-2-4-6-19/h2-10,15H,11-14,16-17H2,1H3,(H,24,25,26). The molecule has 1 N–H and O–H groups in total. The van der Waals surface area contributed by atoms with E-state index < -0.39 is 0 Å². The van der Waals surface area contributed by atoms with Gasteiger partial charge in [-0.2, -0.15) is 0 Å². The summed E-state index contributed by atoms with van der Waals surface area (Å²) in [6.07, 6.45) is 1.76. The number of pyridine rings is 1. The highest BCUT2D eigenvalue weighted by Crippen LogP contribution is 2.17. The molecule has 1 saturated heterocycles. The number of rotatable bonds is 7. The Kier molecular flexibility index (Phi) is 6.68. The number of amides is 1. The normalized spacial score (nSPS) is 13.8. The van der Waals surface area contributed by atoms with Crippen LogP contribution in [-0.4, -0.2) is 58.8 Å². The summed E-state index contributed by atoms with van der Waals surface area (Å²) in [6, 6.07) is 17.6. The topological polar surface area (TPSA) is 83.5 Å². The van der Waals surface area contributed by atoms with Gasteiger partial charge in [-0.05, 0) is 42.3 Å². The molecular formula is C23H26N6O2. The van der Waals surface area contributed by atoms with E-state index in [0.717, 1.165) is 22.8 Å². The van der Waals surface area contributed by atoms with Crippen molar-refractivity contribution in [2.24, 2.45) is 0 Å². The van der Waals surface area contributed by atoms with Crippen LogP contribution in [0.25, 0.3) is 0 Å². The minimum Gasteiger partial charge on any atom is -0.367 e. The molecule has 1 aromatic carbocycles. The highest BCUT2D eigenvalue weighted by Gasteiger charge is 2.22. The number of carbonyl (C=O) groups excluding carboxylic acids is 1. The molecule has 2 aromatic heterocycles. The molecule has 1 amide bonds. The average molecular weight is 419 g/mol. The molecule has 0 atom stereocenters. The lowest BCUT2D eigenvalue weighted by Crippen LogP contribution is -2.50. The molecule has 3 heterocycles. The molecule has 160 valence electrons. The van der Waals surface area contributed by atoms with E-state index >= 15 is 0 Å². The Labute approximate surface area is 181 Å². The second kappa shape index (κ2) is 9.99. The van der Waals surface area contributed by atoms with Crippen molar-refractivity contribution >= 4 is 23.4 Å². The van der Waals surface area contributed by atoms with Crippen molar-refractivity contribution in [2.75, 3.05) is 43.0 Å². The molecule has 0 spiro atoms. The molecule has 0 unspecified atom stereocenters. The molecule has 1 aliphatic heterocycles. The lowest BCUT2D eigenvalue weighted by Gasteiger charge is -2.35. The summed E-state index contributed by atoms with van der Waals surface area (Å²) in [4.78, 5) is 20.7. The summed E-state index contributed by atoms with van der Waals surface area (Å²) in [5.74, 6) is 2.21. The first-order valence-corrected chi connectivity index (χ1v) is 10.4. The third-order valence-corrected chi connectivity index (χ3v) is 5.12. The summed E-state index contributed by atoms with van der Waals surface area (Å²) in [7, 11) is 0. The summed E-state index contributed by atoms with van der Waals surface area (Å²) < 4.78 is 5.58. The van der Waals surface area contributed by atoms with Gasteiger partial charge in [0.25, 0.3) is 0 Å². The Bertz CT molecular complexity index is 988. The zero-order valence-corrected chi connectivity index (χ0v) is 17.6. The van der Waals surface area contributed by atoms with Crippen LogP contribution < -0.4 is 10.2 Å². The lowest BCUT2D eigenvalue weighted by molar-refractivity contribution is -0.136. The number of piperazine rings is 1. The Morgan fingerprint density at radius 1 is 1.00 bits per heavy atom. The van der Waals surface area contributed by atoms with Crippen LogP contribution in [0, 0.1) is 6.92 Å². The van der Waals surface area contributed by atoms with Gasteiger partial charge in [0.05, 0.1) is 6.61 Å². The van der Waals surface area contributed by atoms with Crippen molar-refractivity contribution in [3.05, 3.63) is 71.9 Å². The van der Waals surface area contributed by atoms with Gasteiger partial charge in [0.2, 0.25) is 5.91 Å². The van der Waals surface area contributed by atoms with Gasteiger partial charge in [0.15, 0.2) is 11.6 Å². The van der Waals surface area contributed by atoms with Crippen molar-refractivity contribution in [3.8, 4) is 0 Å². The van der Waals surface area contributed by atoms with Gasteiger partial charge in [-0.1, -0.05) is 30.3 Å². The van der Waals surface area contributed by atoms with Crippen LogP contribution in [0.2, 0.25) is 0 Å². The highest BCUT2D eigenvalue weighted by atomic mass is 16.5. The fourth-order valence-electron chi connectivity index (χ4n) is 3.40. The van der Waals surface area contributed by atoms with Crippen LogP contribution in [-0.2, 0) is 16.1 Å². The maximum atomic E-state index is 12.4. The first kappa shape index (κ1) is 20.7. The van der Waals surface area contributed by atoms with Gasteiger partial charge in [0, 0.05) is 32.4 Å². The molecule has 0 saturated carbocycles. The molecule has 0 aliphatic carbocycles. The number of benzene rings is 1. The number of ether oxygens (including phenoxy) is 1. The minimum absolute atomic E-state index is 0.0202. The number of nitrogens with zero attached hydrogens (tertiary/aromatic N) is 5. The number of hydrogen-bond acceptors (Lipinski definition) is 7. The van der Waals surface area contributed by atoms with Crippen LogP contribution in [0.15, 0.2) is 60.8 Å². The van der Waals surface area contributed by atoms with E-state index in [-0.39, 0.29) is 12.5 Å². The van der Waals surface area contributed by atoms with Crippen molar-refractivity contribution < 1.29 is 9.53 Å². The van der Waals surface area contributed by atoms with Crippen LogP contribution in [0.5, 0.6) is 0 Å². The number of anilines is 3. The van der Waals surface area contributed by atoms with Crippen molar-refractivity contribution in [1.82, 2.24) is 20.1 Å². The van der Waals surface area contributed by atoms with Gasteiger partial charge >= 0.3 is 0 Å². The summed E-state index contributed by atoms with van der Waals surface area (Å²) in [5.41, 5.74) is 2.19. The second-order valence-electron chi connectivity index (χ2n) is 7.47. The molecule has 8 heteroatoms. The van der Waals surface area contributed by atoms with Crippen LogP contribution >= 0.6 is 0 Å². The third kappa shape index (κ3) is 5.76. The Balaban J connectivity index is 1.23. The number of nitrogens with one attached hydrogen (secondary N) is 1. The highest BCUT2D eigenvalue weighted by molar-refractivity contribution is 5.77. The van der Waals surface area contributed by atoms with Crippen LogP contribution in [0.1, 0.15) is 11.1 Å². The first-order chi connectivity index (χ1) is 15.2. The third-order valence-electron chi connectivity index (χ3n) is 5.12.